The summed E-state index contributed by atoms with van der Waals surface area (Å²) in [6.45, 7) is 1.55. The Morgan fingerprint density at radius 1 is 1.35 bits per heavy atom. The van der Waals surface area contributed by atoms with Gasteiger partial charge in [0, 0.05) is 0 Å². The molecule has 0 aliphatic heterocycles. The zero-order chi connectivity index (χ0) is 12.9. The van der Waals surface area contributed by atoms with Gasteiger partial charge in [0.05, 0.1) is 13.2 Å². The van der Waals surface area contributed by atoms with Crippen LogP contribution in [0.5, 0.6) is 0 Å². The molecule has 1 unspecified atom stereocenters. The Hall–Kier alpha value is -1.57. The summed E-state index contributed by atoms with van der Waals surface area (Å²) in [6.07, 6.45) is 3.97. The summed E-state index contributed by atoms with van der Waals surface area (Å²) >= 11 is 0. The third-order valence-electron chi connectivity index (χ3n) is 3.26. The fourth-order valence-corrected chi connectivity index (χ4v) is 2.12. The first-order valence-corrected chi connectivity index (χ1v) is 5.86. The summed E-state index contributed by atoms with van der Waals surface area (Å²) in [5, 5.41) is 11.7. The van der Waals surface area contributed by atoms with Crippen LogP contribution >= 0.6 is 0 Å². The summed E-state index contributed by atoms with van der Waals surface area (Å²) < 4.78 is 4.53. The van der Waals surface area contributed by atoms with Gasteiger partial charge in [-0.2, -0.15) is 5.26 Å². The number of methoxy groups -OCH3 is 1. The van der Waals surface area contributed by atoms with Gasteiger partial charge in [0.2, 0.25) is 5.91 Å². The minimum absolute atomic E-state index is 0.349. The van der Waals surface area contributed by atoms with Crippen LogP contribution in [0, 0.1) is 16.7 Å². The molecule has 0 aromatic rings. The van der Waals surface area contributed by atoms with E-state index in [0.717, 1.165) is 19.3 Å². The molecule has 0 saturated heterocycles. The van der Waals surface area contributed by atoms with Crippen molar-refractivity contribution in [2.45, 2.75) is 45.1 Å². The smallest absolute Gasteiger partial charge is 0.328 e. The topological polar surface area (TPSA) is 79.2 Å². The summed E-state index contributed by atoms with van der Waals surface area (Å²) in [5.74, 6) is -0.847. The molecule has 1 N–H and O–H groups in total. The maximum Gasteiger partial charge on any atom is 0.328 e. The van der Waals surface area contributed by atoms with E-state index in [1.165, 1.54) is 7.11 Å². The number of nitrogens with one attached hydrogen (secondary N) is 1. The first-order valence-electron chi connectivity index (χ1n) is 5.86. The molecule has 17 heavy (non-hydrogen) atoms. The van der Waals surface area contributed by atoms with E-state index in [-0.39, 0.29) is 5.91 Å². The number of ether oxygens (including phenoxy) is 1. The number of nitrogens with zero attached hydrogens (tertiary/aromatic N) is 1. The Kier molecular flexibility index (Phi) is 4.50. The lowest BCUT2D eigenvalue weighted by Gasteiger charge is -2.30. The van der Waals surface area contributed by atoms with Gasteiger partial charge in [-0.3, -0.25) is 4.79 Å². The third kappa shape index (κ3) is 2.96. The van der Waals surface area contributed by atoms with Gasteiger partial charge in [0.1, 0.15) is 11.5 Å². The first-order chi connectivity index (χ1) is 8.05. The van der Waals surface area contributed by atoms with E-state index < -0.39 is 17.4 Å². The third-order valence-corrected chi connectivity index (χ3v) is 3.26. The zero-order valence-electron chi connectivity index (χ0n) is 10.3. The van der Waals surface area contributed by atoms with Crippen LogP contribution in [0.25, 0.3) is 0 Å². The number of carbonyl (C=O) groups excluding carboxylic acids is 2. The Labute approximate surface area is 101 Å². The molecule has 0 heterocycles. The Bertz CT molecular complexity index is 340. The molecule has 5 heteroatoms. The molecule has 0 aromatic carbocycles. The second-order valence-electron chi connectivity index (χ2n) is 4.47. The van der Waals surface area contributed by atoms with Crippen LogP contribution in [0.4, 0.5) is 0 Å². The average molecular weight is 238 g/mol. The minimum Gasteiger partial charge on any atom is -0.467 e. The quantitative estimate of drug-likeness (QED) is 0.748. The predicted octanol–water partition coefficient (Wildman–Crippen LogP) is 1.14. The van der Waals surface area contributed by atoms with Gasteiger partial charge in [-0.15, -0.1) is 0 Å². The number of carbonyl (C=O) groups is 2. The molecule has 0 spiro atoms. The summed E-state index contributed by atoms with van der Waals surface area (Å²) in [6, 6.07) is 1.41. The van der Waals surface area contributed by atoms with Crippen molar-refractivity contribution < 1.29 is 14.3 Å². The first kappa shape index (κ1) is 13.5. The Balaban J connectivity index is 2.67. The largest absolute Gasteiger partial charge is 0.467 e. The summed E-state index contributed by atoms with van der Waals surface area (Å²) in [4.78, 5) is 23.2. The molecule has 0 radical (unpaired) electrons. The lowest BCUT2D eigenvalue weighted by molar-refractivity contribution is -0.145. The standard InChI is InChI=1S/C12H18N2O3/c1-9(10(15)17-2)14-11(16)12(8-13)6-4-3-5-7-12/h9H,3-7H2,1-2H3,(H,14,16). The Morgan fingerprint density at radius 2 is 1.94 bits per heavy atom. The van der Waals surface area contributed by atoms with Crippen molar-refractivity contribution in [3.63, 3.8) is 0 Å². The highest BCUT2D eigenvalue weighted by Gasteiger charge is 2.40. The molecular weight excluding hydrogens is 220 g/mol. The van der Waals surface area contributed by atoms with Gasteiger partial charge in [0.25, 0.3) is 0 Å². The highest BCUT2D eigenvalue weighted by Crippen LogP contribution is 2.35. The van der Waals surface area contributed by atoms with Crippen molar-refractivity contribution in [1.82, 2.24) is 5.32 Å². The van der Waals surface area contributed by atoms with Crippen molar-refractivity contribution >= 4 is 11.9 Å². The average Bonchev–Trinajstić information content (AvgIpc) is 2.38. The van der Waals surface area contributed by atoms with E-state index in [1.807, 2.05) is 0 Å². The van der Waals surface area contributed by atoms with Gasteiger partial charge in [-0.1, -0.05) is 19.3 Å². The van der Waals surface area contributed by atoms with Crippen LogP contribution < -0.4 is 5.32 Å². The van der Waals surface area contributed by atoms with E-state index >= 15 is 0 Å². The van der Waals surface area contributed by atoms with Gasteiger partial charge >= 0.3 is 5.97 Å². The fourth-order valence-electron chi connectivity index (χ4n) is 2.12. The maximum absolute atomic E-state index is 12.0. The number of amides is 1. The predicted molar refractivity (Wildman–Crippen MR) is 60.8 cm³/mol. The summed E-state index contributed by atoms with van der Waals surface area (Å²) in [7, 11) is 1.27. The van der Waals surface area contributed by atoms with Gasteiger partial charge in [-0.25, -0.2) is 4.79 Å². The Morgan fingerprint density at radius 3 is 2.41 bits per heavy atom. The molecule has 1 fully saturated rings. The minimum atomic E-state index is -0.958. The number of nitriles is 1. The van der Waals surface area contributed by atoms with Crippen LogP contribution in [-0.4, -0.2) is 25.0 Å². The molecule has 1 rings (SSSR count). The van der Waals surface area contributed by atoms with E-state index in [2.05, 4.69) is 16.1 Å². The molecule has 1 amide bonds. The second kappa shape index (κ2) is 5.67. The van der Waals surface area contributed by atoms with Crippen molar-refractivity contribution in [3.8, 4) is 6.07 Å². The lowest BCUT2D eigenvalue weighted by Crippen LogP contribution is -2.47. The van der Waals surface area contributed by atoms with Crippen LogP contribution in [0.15, 0.2) is 0 Å². The molecule has 0 aromatic heterocycles. The normalized spacial score (nSPS) is 19.8. The molecule has 94 valence electrons. The van der Waals surface area contributed by atoms with Gasteiger partial charge < -0.3 is 10.1 Å². The van der Waals surface area contributed by atoms with E-state index in [1.54, 1.807) is 6.92 Å². The van der Waals surface area contributed by atoms with Crippen molar-refractivity contribution in [2.24, 2.45) is 5.41 Å². The van der Waals surface area contributed by atoms with Gasteiger partial charge in [-0.05, 0) is 19.8 Å². The molecule has 1 aliphatic rings. The zero-order valence-corrected chi connectivity index (χ0v) is 10.3. The SMILES string of the molecule is COC(=O)C(C)NC(=O)C1(C#N)CCCCC1. The highest BCUT2D eigenvalue weighted by molar-refractivity contribution is 5.89. The second-order valence-corrected chi connectivity index (χ2v) is 4.47. The van der Waals surface area contributed by atoms with Crippen LogP contribution in [0.1, 0.15) is 39.0 Å². The monoisotopic (exact) mass is 238 g/mol. The van der Waals surface area contributed by atoms with Crippen LogP contribution in [0.3, 0.4) is 0 Å². The number of rotatable bonds is 3. The van der Waals surface area contributed by atoms with E-state index in [9.17, 15) is 14.9 Å². The van der Waals surface area contributed by atoms with Crippen LogP contribution in [-0.2, 0) is 14.3 Å². The lowest BCUT2D eigenvalue weighted by atomic mass is 9.74. The molecule has 5 nitrogen and oxygen atoms in total. The number of hydrogen-bond donors (Lipinski definition) is 1. The van der Waals surface area contributed by atoms with Crippen molar-refractivity contribution in [1.29, 1.82) is 5.26 Å². The van der Waals surface area contributed by atoms with Crippen molar-refractivity contribution in [3.05, 3.63) is 0 Å². The van der Waals surface area contributed by atoms with Crippen molar-refractivity contribution in [2.75, 3.05) is 7.11 Å². The highest BCUT2D eigenvalue weighted by atomic mass is 16.5. The molecule has 0 bridgehead atoms. The fraction of sp³-hybridized carbons (Fsp3) is 0.750. The number of hydrogen-bond acceptors (Lipinski definition) is 4. The summed E-state index contributed by atoms with van der Waals surface area (Å²) in [5.41, 5.74) is -0.958. The van der Waals surface area contributed by atoms with E-state index in [4.69, 9.17) is 0 Å². The van der Waals surface area contributed by atoms with Crippen LogP contribution in [0.2, 0.25) is 0 Å². The maximum atomic E-state index is 12.0. The molecule has 1 atom stereocenters. The molecular formula is C12H18N2O3. The van der Waals surface area contributed by atoms with E-state index in [0.29, 0.717) is 12.8 Å². The number of esters is 1. The molecule has 1 aliphatic carbocycles. The van der Waals surface area contributed by atoms with Gasteiger partial charge in [0.15, 0.2) is 0 Å². The molecule has 1 saturated carbocycles.